The minimum absolute atomic E-state index is 0.236. The molecule has 4 nitrogen and oxygen atoms in total. The van der Waals surface area contributed by atoms with Gasteiger partial charge in [-0.3, -0.25) is 0 Å². The number of rotatable bonds is 1. The van der Waals surface area contributed by atoms with Gasteiger partial charge in [-0.1, -0.05) is 11.6 Å². The summed E-state index contributed by atoms with van der Waals surface area (Å²) in [5.74, 6) is -0.338. The largest absolute Gasteiger partial charge is 0.434 e. The Morgan fingerprint density at radius 2 is 2.50 bits per heavy atom. The van der Waals surface area contributed by atoms with Gasteiger partial charge in [-0.25, -0.2) is 9.89 Å². The summed E-state index contributed by atoms with van der Waals surface area (Å²) in [6.07, 6.45) is 0. The molecule has 62 valence electrons. The van der Waals surface area contributed by atoms with Crippen LogP contribution in [0.5, 0.6) is 0 Å². The predicted molar refractivity (Wildman–Crippen MR) is 45.4 cm³/mol. The van der Waals surface area contributed by atoms with Crippen molar-refractivity contribution in [3.05, 3.63) is 27.0 Å². The third-order valence-electron chi connectivity index (χ3n) is 1.25. The van der Waals surface area contributed by atoms with E-state index in [1.165, 1.54) is 11.3 Å². The summed E-state index contributed by atoms with van der Waals surface area (Å²) < 4.78 is 4.71. The Labute approximate surface area is 75.8 Å². The second-order valence-corrected chi connectivity index (χ2v) is 3.34. The molecule has 0 aromatic carbocycles. The van der Waals surface area contributed by atoms with Gasteiger partial charge in [0.15, 0.2) is 0 Å². The Balaban J connectivity index is 2.57. The Kier molecular flexibility index (Phi) is 1.74. The second-order valence-electron chi connectivity index (χ2n) is 2.02. The molecule has 0 spiro atoms. The van der Waals surface area contributed by atoms with E-state index in [4.69, 9.17) is 16.0 Å². The van der Waals surface area contributed by atoms with Crippen LogP contribution in [0.1, 0.15) is 0 Å². The van der Waals surface area contributed by atoms with Crippen molar-refractivity contribution in [2.24, 2.45) is 0 Å². The molecule has 0 atom stereocenters. The summed E-state index contributed by atoms with van der Waals surface area (Å²) in [7, 11) is 0. The van der Waals surface area contributed by atoms with E-state index in [0.29, 0.717) is 9.90 Å². The van der Waals surface area contributed by atoms with Crippen LogP contribution >= 0.6 is 22.9 Å². The molecular weight excluding hydrogens is 200 g/mol. The highest BCUT2D eigenvalue weighted by molar-refractivity contribution is 7.14. The number of aromatic amines is 1. The zero-order valence-electron chi connectivity index (χ0n) is 5.70. The molecule has 0 amide bonds. The topological polar surface area (TPSA) is 58.9 Å². The molecule has 12 heavy (non-hydrogen) atoms. The molecule has 2 aromatic heterocycles. The van der Waals surface area contributed by atoms with Crippen LogP contribution in [0.2, 0.25) is 5.02 Å². The molecule has 2 heterocycles. The average Bonchev–Trinajstić information content (AvgIpc) is 2.58. The molecule has 6 heteroatoms. The molecular formula is C6H3ClN2O2S. The van der Waals surface area contributed by atoms with Crippen molar-refractivity contribution in [2.45, 2.75) is 0 Å². The third-order valence-corrected chi connectivity index (χ3v) is 2.58. The zero-order chi connectivity index (χ0) is 8.55. The Morgan fingerprint density at radius 1 is 1.67 bits per heavy atom. The first-order valence-corrected chi connectivity index (χ1v) is 4.32. The van der Waals surface area contributed by atoms with Gasteiger partial charge in [0.2, 0.25) is 0 Å². The number of nitrogens with one attached hydrogen (secondary N) is 1. The summed E-state index contributed by atoms with van der Waals surface area (Å²) in [6.45, 7) is 0. The van der Waals surface area contributed by atoms with Crippen LogP contribution in [0, 0.1) is 0 Å². The van der Waals surface area contributed by atoms with Crippen molar-refractivity contribution in [3.8, 4) is 10.8 Å². The van der Waals surface area contributed by atoms with Gasteiger partial charge >= 0.3 is 5.76 Å². The van der Waals surface area contributed by atoms with E-state index in [-0.39, 0.29) is 5.89 Å². The van der Waals surface area contributed by atoms with E-state index in [1.807, 2.05) is 0 Å². The molecule has 0 unspecified atom stereocenters. The van der Waals surface area contributed by atoms with E-state index in [2.05, 4.69) is 10.2 Å². The zero-order valence-corrected chi connectivity index (χ0v) is 7.28. The third kappa shape index (κ3) is 1.17. The van der Waals surface area contributed by atoms with Crippen LogP contribution < -0.4 is 5.76 Å². The Morgan fingerprint density at radius 3 is 3.00 bits per heavy atom. The molecule has 0 aliphatic rings. The molecule has 0 saturated carbocycles. The first-order valence-electron chi connectivity index (χ1n) is 3.06. The van der Waals surface area contributed by atoms with Gasteiger partial charge in [-0.05, 0) is 11.4 Å². The normalized spacial score (nSPS) is 10.4. The summed E-state index contributed by atoms with van der Waals surface area (Å²) in [5.41, 5.74) is 0. The molecule has 1 N–H and O–H groups in total. The van der Waals surface area contributed by atoms with Crippen molar-refractivity contribution < 1.29 is 4.42 Å². The fourth-order valence-electron chi connectivity index (χ4n) is 0.773. The molecule has 0 aliphatic heterocycles. The quantitative estimate of drug-likeness (QED) is 0.767. The number of nitrogens with zero attached hydrogens (tertiary/aromatic N) is 1. The lowest BCUT2D eigenvalue weighted by atomic mass is 10.5. The maximum Gasteiger partial charge on any atom is 0.434 e. The lowest BCUT2D eigenvalue weighted by molar-refractivity contribution is 0.528. The molecule has 0 radical (unpaired) electrons. The molecule has 0 bridgehead atoms. The Bertz CT molecular complexity index is 444. The van der Waals surface area contributed by atoms with Crippen molar-refractivity contribution in [1.82, 2.24) is 10.2 Å². The average molecular weight is 203 g/mol. The van der Waals surface area contributed by atoms with Gasteiger partial charge in [0.1, 0.15) is 4.88 Å². The fourth-order valence-corrected chi connectivity index (χ4v) is 1.83. The smallest absolute Gasteiger partial charge is 0.387 e. The van der Waals surface area contributed by atoms with Crippen molar-refractivity contribution in [3.63, 3.8) is 0 Å². The number of aromatic nitrogens is 2. The van der Waals surface area contributed by atoms with E-state index in [0.717, 1.165) is 0 Å². The van der Waals surface area contributed by atoms with Gasteiger partial charge in [0, 0.05) is 0 Å². The highest BCUT2D eigenvalue weighted by Gasteiger charge is 2.10. The minimum atomic E-state index is -0.575. The first-order chi connectivity index (χ1) is 5.77. The van der Waals surface area contributed by atoms with Crippen LogP contribution in [-0.2, 0) is 0 Å². The maximum absolute atomic E-state index is 10.6. The van der Waals surface area contributed by atoms with Gasteiger partial charge in [-0.15, -0.1) is 16.4 Å². The van der Waals surface area contributed by atoms with Gasteiger partial charge in [0.05, 0.1) is 5.02 Å². The maximum atomic E-state index is 10.6. The summed E-state index contributed by atoms with van der Waals surface area (Å²) >= 11 is 7.15. The summed E-state index contributed by atoms with van der Waals surface area (Å²) in [6, 6.07) is 1.72. The van der Waals surface area contributed by atoms with Crippen molar-refractivity contribution in [1.29, 1.82) is 0 Å². The van der Waals surface area contributed by atoms with Crippen molar-refractivity contribution in [2.75, 3.05) is 0 Å². The van der Waals surface area contributed by atoms with E-state index >= 15 is 0 Å². The number of H-pyrrole nitrogens is 1. The molecule has 2 aromatic rings. The minimum Gasteiger partial charge on any atom is -0.387 e. The highest BCUT2D eigenvalue weighted by Crippen LogP contribution is 2.30. The summed E-state index contributed by atoms with van der Waals surface area (Å²) in [5, 5.41) is 8.14. The number of halogens is 1. The second kappa shape index (κ2) is 2.76. The van der Waals surface area contributed by atoms with Crippen molar-refractivity contribution >= 4 is 22.9 Å². The highest BCUT2D eigenvalue weighted by atomic mass is 35.5. The van der Waals surface area contributed by atoms with Gasteiger partial charge in [-0.2, -0.15) is 0 Å². The molecule has 2 rings (SSSR count). The SMILES string of the molecule is O=c1[nH]nc(-c2sccc2Cl)o1. The Hall–Kier alpha value is -1.07. The number of thiophene rings is 1. The molecule has 0 fully saturated rings. The summed E-state index contributed by atoms with van der Waals surface area (Å²) in [4.78, 5) is 11.2. The fraction of sp³-hybridized carbons (Fsp3) is 0. The van der Waals surface area contributed by atoms with E-state index in [9.17, 15) is 4.79 Å². The van der Waals surface area contributed by atoms with Gasteiger partial charge < -0.3 is 4.42 Å². The predicted octanol–water partition coefficient (Wildman–Crippen LogP) is 1.74. The number of hydrogen-bond acceptors (Lipinski definition) is 4. The number of hydrogen-bond donors (Lipinski definition) is 1. The molecule has 0 saturated heterocycles. The van der Waals surface area contributed by atoms with Gasteiger partial charge in [0.25, 0.3) is 5.89 Å². The monoisotopic (exact) mass is 202 g/mol. The van der Waals surface area contributed by atoms with Crippen LogP contribution in [-0.4, -0.2) is 10.2 Å². The lowest BCUT2D eigenvalue weighted by Gasteiger charge is -1.85. The van der Waals surface area contributed by atoms with E-state index < -0.39 is 5.76 Å². The lowest BCUT2D eigenvalue weighted by Crippen LogP contribution is -1.93. The standard InChI is InChI=1S/C6H3ClN2O2S/c7-3-1-2-12-4(3)5-8-9-6(10)11-5/h1-2H,(H,9,10). The molecule has 0 aliphatic carbocycles. The van der Waals surface area contributed by atoms with Crippen LogP contribution in [0.3, 0.4) is 0 Å². The first kappa shape index (κ1) is 7.57. The van der Waals surface area contributed by atoms with Crippen LogP contribution in [0.25, 0.3) is 10.8 Å². The van der Waals surface area contributed by atoms with Crippen LogP contribution in [0.4, 0.5) is 0 Å². The van der Waals surface area contributed by atoms with E-state index in [1.54, 1.807) is 11.4 Å². The van der Waals surface area contributed by atoms with Crippen LogP contribution in [0.15, 0.2) is 20.7 Å².